The Hall–Kier alpha value is -2.36. The van der Waals surface area contributed by atoms with Crippen LogP contribution in [0.15, 0.2) is 42.5 Å². The van der Waals surface area contributed by atoms with Gasteiger partial charge in [0, 0.05) is 18.3 Å². The Bertz CT molecular complexity index is 632. The Morgan fingerprint density at radius 1 is 1.19 bits per heavy atom. The van der Waals surface area contributed by atoms with E-state index in [4.69, 9.17) is 5.73 Å². The van der Waals surface area contributed by atoms with E-state index in [0.717, 1.165) is 11.1 Å². The highest BCUT2D eigenvalue weighted by Gasteiger charge is 2.19. The van der Waals surface area contributed by atoms with Crippen molar-refractivity contribution < 1.29 is 9.18 Å². The molecule has 0 radical (unpaired) electrons. The van der Waals surface area contributed by atoms with Gasteiger partial charge in [0.1, 0.15) is 5.82 Å². The van der Waals surface area contributed by atoms with Crippen LogP contribution < -0.4 is 5.73 Å². The summed E-state index contributed by atoms with van der Waals surface area (Å²) in [5.41, 5.74) is 8.29. The molecular weight excluding hydrogens is 267 g/mol. The number of rotatable bonds is 3. The summed E-state index contributed by atoms with van der Waals surface area (Å²) in [5.74, 6) is -0.760. The molecule has 0 aliphatic heterocycles. The lowest BCUT2D eigenvalue weighted by Crippen LogP contribution is -2.29. The number of hydrogen-bond donors (Lipinski definition) is 1. The number of hydrogen-bond acceptors (Lipinski definition) is 2. The maximum Gasteiger partial charge on any atom is 0.254 e. The van der Waals surface area contributed by atoms with Crippen molar-refractivity contribution in [2.24, 2.45) is 0 Å². The van der Waals surface area contributed by atoms with E-state index in [-0.39, 0.29) is 23.2 Å². The zero-order chi connectivity index (χ0) is 15.6. The smallest absolute Gasteiger partial charge is 0.254 e. The number of nitrogens with two attached hydrogens (primary N) is 1. The Morgan fingerprint density at radius 3 is 2.38 bits per heavy atom. The molecule has 1 unspecified atom stereocenters. The molecular formula is C17H19FN2O. The molecule has 0 aromatic heterocycles. The van der Waals surface area contributed by atoms with Crippen LogP contribution >= 0.6 is 0 Å². The van der Waals surface area contributed by atoms with Gasteiger partial charge in [-0.05, 0) is 37.6 Å². The highest BCUT2D eigenvalue weighted by atomic mass is 19.1. The number of nitrogen functional groups attached to an aromatic ring is 1. The highest BCUT2D eigenvalue weighted by Crippen LogP contribution is 2.22. The van der Waals surface area contributed by atoms with Crippen molar-refractivity contribution in [3.63, 3.8) is 0 Å². The molecule has 0 aliphatic rings. The molecule has 0 saturated heterocycles. The molecule has 4 heteroatoms. The summed E-state index contributed by atoms with van der Waals surface area (Å²) in [6.45, 7) is 3.95. The molecule has 2 aromatic carbocycles. The maximum absolute atomic E-state index is 13.4. The van der Waals surface area contributed by atoms with Crippen LogP contribution in [-0.4, -0.2) is 17.9 Å². The molecule has 21 heavy (non-hydrogen) atoms. The normalized spacial score (nSPS) is 12.0. The van der Waals surface area contributed by atoms with Gasteiger partial charge in [-0.3, -0.25) is 4.79 Å². The first-order valence-corrected chi connectivity index (χ1v) is 6.78. The molecule has 3 nitrogen and oxygen atoms in total. The van der Waals surface area contributed by atoms with Crippen molar-refractivity contribution in [1.29, 1.82) is 0 Å². The first kappa shape index (κ1) is 15.0. The first-order chi connectivity index (χ1) is 9.88. The third-order valence-corrected chi connectivity index (χ3v) is 3.63. The molecule has 2 aromatic rings. The zero-order valence-corrected chi connectivity index (χ0v) is 12.4. The third-order valence-electron chi connectivity index (χ3n) is 3.63. The number of nitrogens with zero attached hydrogens (tertiary/aromatic N) is 1. The number of halogens is 1. The van der Waals surface area contributed by atoms with Crippen LogP contribution in [0, 0.1) is 12.7 Å². The SMILES string of the molecule is Cc1ccc(C(C)N(C)C(=O)c2cc(N)cc(F)c2)cc1. The molecule has 2 rings (SSSR count). The number of benzene rings is 2. The third kappa shape index (κ3) is 3.40. The van der Waals surface area contributed by atoms with Crippen LogP contribution in [0.3, 0.4) is 0 Å². The van der Waals surface area contributed by atoms with Crippen molar-refractivity contribution in [2.75, 3.05) is 12.8 Å². The Labute approximate surface area is 124 Å². The van der Waals surface area contributed by atoms with Gasteiger partial charge in [0.15, 0.2) is 0 Å². The quantitative estimate of drug-likeness (QED) is 0.877. The topological polar surface area (TPSA) is 46.3 Å². The van der Waals surface area contributed by atoms with Gasteiger partial charge < -0.3 is 10.6 Å². The van der Waals surface area contributed by atoms with Crippen molar-refractivity contribution in [1.82, 2.24) is 4.90 Å². The standard InChI is InChI=1S/C17H19FN2O/c1-11-4-6-13(7-5-11)12(2)20(3)17(21)14-8-15(18)10-16(19)9-14/h4-10,12H,19H2,1-3H3. The molecule has 0 heterocycles. The molecule has 1 atom stereocenters. The van der Waals surface area contributed by atoms with Crippen LogP contribution in [0.5, 0.6) is 0 Å². The predicted molar refractivity (Wildman–Crippen MR) is 82.5 cm³/mol. The monoisotopic (exact) mass is 286 g/mol. The van der Waals surface area contributed by atoms with E-state index < -0.39 is 5.82 Å². The average molecular weight is 286 g/mol. The largest absolute Gasteiger partial charge is 0.399 e. The van der Waals surface area contributed by atoms with Crippen molar-refractivity contribution in [2.45, 2.75) is 19.9 Å². The van der Waals surface area contributed by atoms with Crippen molar-refractivity contribution in [3.05, 3.63) is 65.0 Å². The van der Waals surface area contributed by atoms with E-state index in [9.17, 15) is 9.18 Å². The zero-order valence-electron chi connectivity index (χ0n) is 12.4. The highest BCUT2D eigenvalue weighted by molar-refractivity contribution is 5.95. The predicted octanol–water partition coefficient (Wildman–Crippen LogP) is 3.55. The van der Waals surface area contributed by atoms with E-state index in [1.165, 1.54) is 18.2 Å². The maximum atomic E-state index is 13.4. The lowest BCUT2D eigenvalue weighted by atomic mass is 10.0. The number of amides is 1. The fraction of sp³-hybridized carbons (Fsp3) is 0.235. The van der Waals surface area contributed by atoms with Gasteiger partial charge in [-0.2, -0.15) is 0 Å². The number of aryl methyl sites for hydroxylation is 1. The minimum Gasteiger partial charge on any atom is -0.399 e. The lowest BCUT2D eigenvalue weighted by Gasteiger charge is -2.25. The summed E-state index contributed by atoms with van der Waals surface area (Å²) >= 11 is 0. The Kier molecular flexibility index (Phi) is 4.26. The number of carbonyl (C=O) groups is 1. The van der Waals surface area contributed by atoms with Gasteiger partial charge >= 0.3 is 0 Å². The summed E-state index contributed by atoms with van der Waals surface area (Å²) in [7, 11) is 1.70. The Balaban J connectivity index is 2.23. The molecule has 1 amide bonds. The van der Waals surface area contributed by atoms with Gasteiger partial charge in [0.2, 0.25) is 0 Å². The van der Waals surface area contributed by atoms with E-state index in [0.29, 0.717) is 0 Å². The summed E-state index contributed by atoms with van der Waals surface area (Å²) in [5, 5.41) is 0. The van der Waals surface area contributed by atoms with Crippen LogP contribution in [0.4, 0.5) is 10.1 Å². The first-order valence-electron chi connectivity index (χ1n) is 6.78. The van der Waals surface area contributed by atoms with Crippen LogP contribution in [-0.2, 0) is 0 Å². The fourth-order valence-electron chi connectivity index (χ4n) is 2.18. The number of carbonyl (C=O) groups excluding carboxylic acids is 1. The van der Waals surface area contributed by atoms with Crippen molar-refractivity contribution >= 4 is 11.6 Å². The lowest BCUT2D eigenvalue weighted by molar-refractivity contribution is 0.0742. The summed E-state index contributed by atoms with van der Waals surface area (Å²) < 4.78 is 13.4. The van der Waals surface area contributed by atoms with E-state index >= 15 is 0 Å². The van der Waals surface area contributed by atoms with Crippen LogP contribution in [0.2, 0.25) is 0 Å². The van der Waals surface area contributed by atoms with E-state index in [2.05, 4.69) is 0 Å². The second kappa shape index (κ2) is 5.95. The van der Waals surface area contributed by atoms with Gasteiger partial charge in [-0.1, -0.05) is 29.8 Å². The van der Waals surface area contributed by atoms with Gasteiger partial charge in [-0.15, -0.1) is 0 Å². The molecule has 0 aliphatic carbocycles. The molecule has 110 valence electrons. The summed E-state index contributed by atoms with van der Waals surface area (Å²) in [6.07, 6.45) is 0. The molecule has 0 bridgehead atoms. The minimum atomic E-state index is -0.505. The summed E-state index contributed by atoms with van der Waals surface area (Å²) in [6, 6.07) is 11.8. The second-order valence-electron chi connectivity index (χ2n) is 5.28. The van der Waals surface area contributed by atoms with E-state index in [1.807, 2.05) is 38.1 Å². The van der Waals surface area contributed by atoms with Gasteiger partial charge in [-0.25, -0.2) is 4.39 Å². The minimum absolute atomic E-state index is 0.109. The molecule has 2 N–H and O–H groups in total. The van der Waals surface area contributed by atoms with Gasteiger partial charge in [0.25, 0.3) is 5.91 Å². The van der Waals surface area contributed by atoms with Crippen LogP contribution in [0.1, 0.15) is 34.5 Å². The summed E-state index contributed by atoms with van der Waals surface area (Å²) in [4.78, 5) is 14.0. The second-order valence-corrected chi connectivity index (χ2v) is 5.28. The van der Waals surface area contributed by atoms with Crippen LogP contribution in [0.25, 0.3) is 0 Å². The fourth-order valence-corrected chi connectivity index (χ4v) is 2.18. The average Bonchev–Trinajstić information content (AvgIpc) is 2.44. The Morgan fingerprint density at radius 2 is 1.81 bits per heavy atom. The number of anilines is 1. The van der Waals surface area contributed by atoms with E-state index in [1.54, 1.807) is 11.9 Å². The van der Waals surface area contributed by atoms with Crippen molar-refractivity contribution in [3.8, 4) is 0 Å². The molecule has 0 saturated carbocycles. The molecule has 0 spiro atoms. The molecule has 0 fully saturated rings. The van der Waals surface area contributed by atoms with Gasteiger partial charge in [0.05, 0.1) is 6.04 Å².